The van der Waals surface area contributed by atoms with Crippen molar-refractivity contribution in [2.24, 2.45) is 0 Å². The number of hydrogen-bond donors (Lipinski definition) is 2. The van der Waals surface area contributed by atoms with E-state index in [9.17, 15) is 4.79 Å². The summed E-state index contributed by atoms with van der Waals surface area (Å²) in [5, 5.41) is 12.3. The van der Waals surface area contributed by atoms with Crippen LogP contribution in [0.25, 0.3) is 0 Å². The van der Waals surface area contributed by atoms with Crippen LogP contribution >= 0.6 is 11.6 Å². The second-order valence-electron chi connectivity index (χ2n) is 5.00. The van der Waals surface area contributed by atoms with Crippen LogP contribution in [0.5, 0.6) is 5.75 Å². The molecule has 1 atom stereocenters. The highest BCUT2D eigenvalue weighted by atomic mass is 35.5. The first-order chi connectivity index (χ1) is 10.6. The summed E-state index contributed by atoms with van der Waals surface area (Å²) in [5.41, 5.74) is 1.49. The van der Waals surface area contributed by atoms with Gasteiger partial charge in [0.05, 0.1) is 6.61 Å². The molecule has 0 aliphatic rings. The van der Waals surface area contributed by atoms with Gasteiger partial charge in [-0.1, -0.05) is 29.8 Å². The largest absolute Gasteiger partial charge is 0.489 e. The first-order valence-corrected chi connectivity index (χ1v) is 7.35. The summed E-state index contributed by atoms with van der Waals surface area (Å²) in [6.45, 7) is 2.03. The molecular weight excluding hydrogens is 302 g/mol. The molecule has 2 aromatic rings. The van der Waals surface area contributed by atoms with Crippen molar-refractivity contribution in [3.05, 3.63) is 64.7 Å². The summed E-state index contributed by atoms with van der Waals surface area (Å²) in [6, 6.07) is 14.0. The molecule has 116 valence electrons. The van der Waals surface area contributed by atoms with Crippen LogP contribution in [0.2, 0.25) is 5.02 Å². The minimum Gasteiger partial charge on any atom is -0.489 e. The Bertz CT molecular complexity index is 628. The number of amides is 1. The molecule has 0 saturated carbocycles. The van der Waals surface area contributed by atoms with Crippen molar-refractivity contribution >= 4 is 17.5 Å². The highest BCUT2D eigenvalue weighted by Gasteiger charge is 2.09. The third-order valence-corrected chi connectivity index (χ3v) is 3.32. The molecule has 0 saturated heterocycles. The molecule has 0 spiro atoms. The van der Waals surface area contributed by atoms with Crippen LogP contribution in [0.15, 0.2) is 48.5 Å². The van der Waals surface area contributed by atoms with Crippen molar-refractivity contribution in [3.8, 4) is 5.75 Å². The van der Waals surface area contributed by atoms with Gasteiger partial charge in [-0.3, -0.25) is 4.79 Å². The predicted molar refractivity (Wildman–Crippen MR) is 86.2 cm³/mol. The topological polar surface area (TPSA) is 58.6 Å². The lowest BCUT2D eigenvalue weighted by molar-refractivity contribution is 0.0922. The Morgan fingerprint density at radius 2 is 2.00 bits per heavy atom. The zero-order valence-electron chi connectivity index (χ0n) is 12.3. The molecule has 4 nitrogen and oxygen atoms in total. The third kappa shape index (κ3) is 4.76. The number of ether oxygens (including phenoxy) is 1. The van der Waals surface area contributed by atoms with Gasteiger partial charge in [-0.15, -0.1) is 0 Å². The van der Waals surface area contributed by atoms with Crippen molar-refractivity contribution in [2.45, 2.75) is 19.6 Å². The summed E-state index contributed by atoms with van der Waals surface area (Å²) < 4.78 is 5.68. The van der Waals surface area contributed by atoms with Crippen LogP contribution in [-0.4, -0.2) is 23.7 Å². The number of rotatable bonds is 6. The fourth-order valence-corrected chi connectivity index (χ4v) is 1.95. The van der Waals surface area contributed by atoms with Gasteiger partial charge in [-0.05, 0) is 42.8 Å². The highest BCUT2D eigenvalue weighted by molar-refractivity contribution is 6.30. The van der Waals surface area contributed by atoms with Gasteiger partial charge < -0.3 is 15.2 Å². The summed E-state index contributed by atoms with van der Waals surface area (Å²) >= 11 is 5.83. The van der Waals surface area contributed by atoms with Gasteiger partial charge in [0.15, 0.2) is 0 Å². The molecular formula is C17H18ClNO3. The Morgan fingerprint density at radius 1 is 1.27 bits per heavy atom. The number of nitrogens with one attached hydrogen (secondary N) is 1. The van der Waals surface area contributed by atoms with Crippen molar-refractivity contribution < 1.29 is 14.6 Å². The predicted octanol–water partition coefficient (Wildman–Crippen LogP) is 3.03. The maximum atomic E-state index is 12.0. The average molecular weight is 320 g/mol. The minimum atomic E-state index is -0.286. The summed E-state index contributed by atoms with van der Waals surface area (Å²) in [5.74, 6) is 0.373. The zero-order valence-corrected chi connectivity index (χ0v) is 13.0. The van der Waals surface area contributed by atoms with Gasteiger partial charge in [0, 0.05) is 16.6 Å². The first-order valence-electron chi connectivity index (χ1n) is 6.97. The molecule has 0 aromatic heterocycles. The van der Waals surface area contributed by atoms with E-state index in [-0.39, 0.29) is 18.6 Å². The number of aliphatic hydroxyl groups is 1. The molecule has 0 bridgehead atoms. The van der Waals surface area contributed by atoms with Crippen LogP contribution in [0.3, 0.4) is 0 Å². The van der Waals surface area contributed by atoms with Gasteiger partial charge in [0.2, 0.25) is 0 Å². The van der Waals surface area contributed by atoms with Crippen LogP contribution < -0.4 is 10.1 Å². The lowest BCUT2D eigenvalue weighted by atomic mass is 10.2. The first kappa shape index (κ1) is 16.3. The zero-order chi connectivity index (χ0) is 15.9. The van der Waals surface area contributed by atoms with Crippen LogP contribution in [0.1, 0.15) is 22.8 Å². The lowest BCUT2D eigenvalue weighted by Gasteiger charge is -2.12. The van der Waals surface area contributed by atoms with E-state index in [1.165, 1.54) is 0 Å². The van der Waals surface area contributed by atoms with Crippen LogP contribution in [0.4, 0.5) is 0 Å². The Balaban J connectivity index is 1.99. The summed E-state index contributed by atoms with van der Waals surface area (Å²) in [6.07, 6.45) is 0. The molecule has 1 amide bonds. The molecule has 0 aliphatic carbocycles. The second kappa shape index (κ2) is 7.82. The molecule has 2 aromatic carbocycles. The number of carbonyl (C=O) groups is 1. The summed E-state index contributed by atoms with van der Waals surface area (Å²) in [4.78, 5) is 12.0. The van der Waals surface area contributed by atoms with Crippen molar-refractivity contribution in [1.29, 1.82) is 0 Å². The van der Waals surface area contributed by atoms with E-state index in [0.717, 1.165) is 5.56 Å². The van der Waals surface area contributed by atoms with E-state index in [1.54, 1.807) is 43.3 Å². The number of aliphatic hydroxyl groups excluding tert-OH is 1. The van der Waals surface area contributed by atoms with E-state index in [4.69, 9.17) is 21.4 Å². The van der Waals surface area contributed by atoms with E-state index in [0.29, 0.717) is 22.9 Å². The van der Waals surface area contributed by atoms with Crippen LogP contribution in [0, 0.1) is 0 Å². The Kier molecular flexibility index (Phi) is 5.81. The number of benzene rings is 2. The number of carbonyl (C=O) groups excluding carboxylic acids is 1. The number of hydrogen-bond acceptors (Lipinski definition) is 3. The molecule has 0 aliphatic heterocycles. The van der Waals surface area contributed by atoms with Gasteiger partial charge in [-0.25, -0.2) is 0 Å². The molecule has 2 rings (SSSR count). The molecule has 1 unspecified atom stereocenters. The van der Waals surface area contributed by atoms with Gasteiger partial charge in [0.25, 0.3) is 5.91 Å². The van der Waals surface area contributed by atoms with Gasteiger partial charge >= 0.3 is 0 Å². The fraction of sp³-hybridized carbons (Fsp3) is 0.235. The Hall–Kier alpha value is -2.04. The molecule has 5 heteroatoms. The SMILES string of the molecule is CC(CO)NC(=O)c1cccc(OCc2ccc(Cl)cc2)c1. The third-order valence-electron chi connectivity index (χ3n) is 3.07. The fourth-order valence-electron chi connectivity index (χ4n) is 1.83. The van der Waals surface area contributed by atoms with Crippen LogP contribution in [-0.2, 0) is 6.61 Å². The average Bonchev–Trinajstić information content (AvgIpc) is 2.54. The molecule has 0 fully saturated rings. The minimum absolute atomic E-state index is 0.0987. The molecule has 0 radical (unpaired) electrons. The van der Waals surface area contributed by atoms with Crippen molar-refractivity contribution in [2.75, 3.05) is 6.61 Å². The Morgan fingerprint density at radius 3 is 2.68 bits per heavy atom. The maximum absolute atomic E-state index is 12.0. The lowest BCUT2D eigenvalue weighted by Crippen LogP contribution is -2.34. The molecule has 2 N–H and O–H groups in total. The van der Waals surface area contributed by atoms with Gasteiger partial charge in [0.1, 0.15) is 12.4 Å². The smallest absolute Gasteiger partial charge is 0.251 e. The van der Waals surface area contributed by atoms with E-state index in [2.05, 4.69) is 5.32 Å². The van der Waals surface area contributed by atoms with Gasteiger partial charge in [-0.2, -0.15) is 0 Å². The normalized spacial score (nSPS) is 11.8. The molecule has 0 heterocycles. The highest BCUT2D eigenvalue weighted by Crippen LogP contribution is 2.16. The standard InChI is InChI=1S/C17H18ClNO3/c1-12(10-20)19-17(21)14-3-2-4-16(9-14)22-11-13-5-7-15(18)8-6-13/h2-9,12,20H,10-11H2,1H3,(H,19,21). The second-order valence-corrected chi connectivity index (χ2v) is 5.44. The van der Waals surface area contributed by atoms with E-state index >= 15 is 0 Å². The maximum Gasteiger partial charge on any atom is 0.251 e. The van der Waals surface area contributed by atoms with Crippen molar-refractivity contribution in [1.82, 2.24) is 5.32 Å². The quantitative estimate of drug-likeness (QED) is 0.860. The van der Waals surface area contributed by atoms with E-state index in [1.807, 2.05) is 12.1 Å². The van der Waals surface area contributed by atoms with Crippen molar-refractivity contribution in [3.63, 3.8) is 0 Å². The molecule has 22 heavy (non-hydrogen) atoms. The monoisotopic (exact) mass is 319 g/mol. The summed E-state index contributed by atoms with van der Waals surface area (Å²) in [7, 11) is 0. The number of halogens is 1. The Labute approximate surface area is 134 Å². The van der Waals surface area contributed by atoms with E-state index < -0.39 is 0 Å².